The topological polar surface area (TPSA) is 243 Å². The molecule has 0 aromatic rings. The summed E-state index contributed by atoms with van der Waals surface area (Å²) in [6.07, 6.45) is 76.0. The molecule has 21 heteroatoms. The summed E-state index contributed by atoms with van der Waals surface area (Å²) in [6.45, 7) is 4.33. The van der Waals surface area contributed by atoms with Crippen molar-refractivity contribution in [2.75, 3.05) is 39.6 Å². The van der Waals surface area contributed by atoms with Crippen molar-refractivity contribution in [1.29, 1.82) is 0 Å². The van der Waals surface area contributed by atoms with E-state index in [2.05, 4.69) is 125 Å². The first kappa shape index (κ1) is 104. The van der Waals surface area contributed by atoms with Gasteiger partial charge in [-0.25, -0.2) is 0 Å². The molecule has 0 fully saturated rings. The van der Waals surface area contributed by atoms with Gasteiger partial charge in [0.25, 0.3) is 15.6 Å². The Morgan fingerprint density at radius 1 is 0.294 bits per heavy atom. The summed E-state index contributed by atoms with van der Waals surface area (Å²) in [5.41, 5.74) is 0. The summed E-state index contributed by atoms with van der Waals surface area (Å²) in [7, 11) is -10.5. The molecule has 0 spiro atoms. The molecule has 0 aliphatic heterocycles. The van der Waals surface area contributed by atoms with Crippen LogP contribution in [0.2, 0.25) is 0 Å². The van der Waals surface area contributed by atoms with Crippen LogP contribution in [0.25, 0.3) is 0 Å². The van der Waals surface area contributed by atoms with E-state index in [0.29, 0.717) is 25.7 Å². The Labute approximate surface area is 664 Å². The summed E-state index contributed by atoms with van der Waals surface area (Å²) in [6, 6.07) is 0. The number of phosphoric acid groups is 2. The molecule has 578 valence electrons. The van der Waals surface area contributed by atoms with Crippen LogP contribution in [0.1, 0.15) is 336 Å². The molecule has 0 saturated carbocycles. The number of ether oxygens (including phenoxy) is 4. The molecule has 2 unspecified atom stereocenters. The molecule has 0 heterocycles. The molecular formula is C81H140Na2O17P2. The minimum absolute atomic E-state index is 0. The Balaban J connectivity index is -0.0000490. The van der Waals surface area contributed by atoms with Gasteiger partial charge in [-0.2, -0.15) is 0 Å². The molecule has 0 aromatic carbocycles. The van der Waals surface area contributed by atoms with Crippen LogP contribution in [0, 0.1) is 0 Å². The van der Waals surface area contributed by atoms with Crippen molar-refractivity contribution in [2.24, 2.45) is 0 Å². The molecule has 1 N–H and O–H groups in total. The molecule has 0 rings (SSSR count). The van der Waals surface area contributed by atoms with Crippen molar-refractivity contribution in [3.8, 4) is 0 Å². The van der Waals surface area contributed by atoms with E-state index in [1.807, 2.05) is 0 Å². The Morgan fingerprint density at radius 2 is 0.500 bits per heavy atom. The molecule has 0 amide bonds. The molecule has 0 bridgehead atoms. The van der Waals surface area contributed by atoms with Crippen LogP contribution in [-0.2, 0) is 65.4 Å². The van der Waals surface area contributed by atoms with Crippen LogP contribution in [0.5, 0.6) is 0 Å². The van der Waals surface area contributed by atoms with Crippen LogP contribution in [0.4, 0.5) is 0 Å². The number of esters is 4. The standard InChI is InChI=1S/C81H142O17P2.2Na/c1-5-9-13-17-21-25-29-33-37-41-45-49-53-57-61-65-78(83)91-71-76(97-80(85)67-63-59-55-51-47-43-39-35-31-27-23-19-15-11-7-3)73-95-99(87,88)93-69-75(82)70-94-100(89,90)96-74-77(98-81(86)68-64-60-56-52-48-44-40-36-32-28-24-20-16-12-8-4)72-92-79(84)66-62-58-54-50-46-42-38-34-30-26-22-18-14-10-6-2;;/h21-28,33-40,75-77,82H,5-20,29-32,41-74H2,1-4H3,(H,87,88)(H,89,90);;/q;2*+1/p-2/b25-21-,26-22-,27-23-,28-24-,37-33-,38-34-,39-35-,40-36-;;/t76-,77-;;/m1../s1. The van der Waals surface area contributed by atoms with Crippen molar-refractivity contribution in [2.45, 2.75) is 354 Å². The van der Waals surface area contributed by atoms with Crippen molar-refractivity contribution < 1.29 is 139 Å². The zero-order chi connectivity index (χ0) is 73.2. The largest absolute Gasteiger partial charge is 1.00 e. The number of allylic oxidation sites excluding steroid dienone is 16. The maximum atomic E-state index is 13.0. The molecule has 17 nitrogen and oxygen atoms in total. The second-order valence-corrected chi connectivity index (χ2v) is 29.1. The van der Waals surface area contributed by atoms with E-state index in [1.165, 1.54) is 77.0 Å². The monoisotopic (exact) mass is 1490 g/mol. The molecule has 0 aliphatic carbocycles. The third-order valence-corrected chi connectivity index (χ3v) is 18.3. The first-order chi connectivity index (χ1) is 48.7. The Hall–Kier alpha value is -2.02. The van der Waals surface area contributed by atoms with Crippen molar-refractivity contribution in [3.63, 3.8) is 0 Å². The normalized spacial score (nSPS) is 14.1. The van der Waals surface area contributed by atoms with Crippen LogP contribution < -0.4 is 68.9 Å². The molecule has 102 heavy (non-hydrogen) atoms. The molecular weight excluding hydrogens is 1350 g/mol. The molecule has 0 aromatic heterocycles. The van der Waals surface area contributed by atoms with Crippen LogP contribution in [0.3, 0.4) is 0 Å². The van der Waals surface area contributed by atoms with Gasteiger partial charge in [0, 0.05) is 25.7 Å². The van der Waals surface area contributed by atoms with E-state index in [9.17, 15) is 43.2 Å². The minimum atomic E-state index is -5.25. The third kappa shape index (κ3) is 79.0. The fourth-order valence-electron chi connectivity index (χ4n) is 10.4. The Kier molecular flexibility index (Phi) is 81.7. The van der Waals surface area contributed by atoms with Gasteiger partial charge in [0.2, 0.25) is 0 Å². The fourth-order valence-corrected chi connectivity index (χ4v) is 11.9. The summed E-state index contributed by atoms with van der Waals surface area (Å²) in [5.74, 6) is -2.32. The number of rotatable bonds is 74. The zero-order valence-corrected chi connectivity index (χ0v) is 70.8. The maximum absolute atomic E-state index is 13.0. The second-order valence-electron chi connectivity index (χ2n) is 26.2. The number of carbonyl (C=O) groups is 4. The first-order valence-electron chi connectivity index (χ1n) is 39.4. The molecule has 0 radical (unpaired) electrons. The van der Waals surface area contributed by atoms with Gasteiger partial charge in [-0.15, -0.1) is 0 Å². The average molecular weight is 1490 g/mol. The third-order valence-electron chi connectivity index (χ3n) is 16.5. The number of hydrogen-bond donors (Lipinski definition) is 1. The zero-order valence-electron chi connectivity index (χ0n) is 65.0. The summed E-state index contributed by atoms with van der Waals surface area (Å²) in [5, 5.41) is 10.6. The Morgan fingerprint density at radius 3 is 0.745 bits per heavy atom. The van der Waals surface area contributed by atoms with Crippen LogP contribution in [0.15, 0.2) is 97.2 Å². The summed E-state index contributed by atoms with van der Waals surface area (Å²) >= 11 is 0. The predicted octanol–water partition coefficient (Wildman–Crippen LogP) is 15.5. The van der Waals surface area contributed by atoms with E-state index < -0.39 is 97.5 Å². The van der Waals surface area contributed by atoms with Gasteiger partial charge in [-0.3, -0.25) is 28.3 Å². The van der Waals surface area contributed by atoms with E-state index >= 15 is 0 Å². The first-order valence-corrected chi connectivity index (χ1v) is 42.4. The van der Waals surface area contributed by atoms with E-state index in [4.69, 9.17) is 37.0 Å². The molecule has 0 saturated heterocycles. The van der Waals surface area contributed by atoms with Crippen molar-refractivity contribution in [3.05, 3.63) is 97.2 Å². The van der Waals surface area contributed by atoms with E-state index in [0.717, 1.165) is 180 Å². The second kappa shape index (κ2) is 80.0. The SMILES string of the molecule is CCCCC/C=C\C/C=C\CCCCCCCC(=O)OC[C@H](COP(=O)([O-])OCC(O)COP(=O)([O-])OC[C@@H](COC(=O)CCCCCCC/C=C\C/C=C\CCCCC)OC(=O)CCCCCCC/C=C\C/C=C\CCCCC)OC(=O)CCCCCCC/C=C\C/C=C\CCCCC.[Na+].[Na+]. The minimum Gasteiger partial charge on any atom is -0.756 e. The van der Waals surface area contributed by atoms with Gasteiger partial charge in [0.05, 0.1) is 26.4 Å². The van der Waals surface area contributed by atoms with Crippen molar-refractivity contribution in [1.82, 2.24) is 0 Å². The van der Waals surface area contributed by atoms with Gasteiger partial charge in [-0.05, 0) is 154 Å². The Bertz CT molecular complexity index is 2140. The van der Waals surface area contributed by atoms with Gasteiger partial charge in [0.15, 0.2) is 12.2 Å². The van der Waals surface area contributed by atoms with Crippen molar-refractivity contribution >= 4 is 39.5 Å². The number of phosphoric ester groups is 2. The molecule has 4 atom stereocenters. The average Bonchev–Trinajstić information content (AvgIpc) is 0.927. The smallest absolute Gasteiger partial charge is 0.756 e. The van der Waals surface area contributed by atoms with Crippen LogP contribution in [-0.4, -0.2) is 86.9 Å². The van der Waals surface area contributed by atoms with Gasteiger partial charge in [-0.1, -0.05) is 253 Å². The predicted molar refractivity (Wildman–Crippen MR) is 404 cm³/mol. The number of carbonyl (C=O) groups excluding carboxylic acids is 4. The summed E-state index contributed by atoms with van der Waals surface area (Å²) < 4.78 is 67.7. The fraction of sp³-hybridized carbons (Fsp3) is 0.753. The van der Waals surface area contributed by atoms with E-state index in [-0.39, 0.29) is 84.8 Å². The van der Waals surface area contributed by atoms with E-state index in [1.54, 1.807) is 0 Å². The number of aliphatic hydroxyl groups is 1. The van der Waals surface area contributed by atoms with Gasteiger partial charge >= 0.3 is 83.0 Å². The van der Waals surface area contributed by atoms with Gasteiger partial charge in [0.1, 0.15) is 19.3 Å². The van der Waals surface area contributed by atoms with Gasteiger partial charge < -0.3 is 51.9 Å². The maximum Gasteiger partial charge on any atom is 1.00 e. The van der Waals surface area contributed by atoms with Crippen LogP contribution >= 0.6 is 15.6 Å². The number of aliphatic hydroxyl groups excluding tert-OH is 1. The quantitative estimate of drug-likeness (QED) is 0.0149. The summed E-state index contributed by atoms with van der Waals surface area (Å²) in [4.78, 5) is 77.6. The number of hydrogen-bond acceptors (Lipinski definition) is 17. The molecule has 0 aliphatic rings. The number of unbranched alkanes of at least 4 members (excludes halogenated alkanes) is 32.